The molecule has 1 aliphatic rings. The minimum Gasteiger partial charge on any atom is -0.468 e. The molecule has 1 fully saturated rings. The number of esters is 1. The molecule has 0 radical (unpaired) electrons. The van der Waals surface area contributed by atoms with Crippen molar-refractivity contribution in [3.05, 3.63) is 0 Å². The summed E-state index contributed by atoms with van der Waals surface area (Å²) in [7, 11) is 2.96. The fourth-order valence-corrected chi connectivity index (χ4v) is 2.40. The molecule has 2 unspecified atom stereocenters. The Labute approximate surface area is 132 Å². The number of methoxy groups -OCH3 is 2. The van der Waals surface area contributed by atoms with Crippen LogP contribution in [-0.2, 0) is 19.0 Å². The summed E-state index contributed by atoms with van der Waals surface area (Å²) in [5, 5.41) is 3.22. The maximum absolute atomic E-state index is 12.1. The van der Waals surface area contributed by atoms with Crippen LogP contribution in [0.15, 0.2) is 0 Å². The molecule has 7 heteroatoms. The topological polar surface area (TPSA) is 77.1 Å². The van der Waals surface area contributed by atoms with Gasteiger partial charge in [-0.1, -0.05) is 6.92 Å². The Morgan fingerprint density at radius 2 is 1.91 bits per heavy atom. The first-order valence-corrected chi connectivity index (χ1v) is 7.56. The lowest BCUT2D eigenvalue weighted by atomic mass is 10.1. The summed E-state index contributed by atoms with van der Waals surface area (Å²) in [6.45, 7) is 8.25. The molecular weight excluding hydrogens is 288 g/mol. The highest BCUT2D eigenvalue weighted by atomic mass is 16.6. The second kappa shape index (κ2) is 7.78. The van der Waals surface area contributed by atoms with Crippen molar-refractivity contribution in [2.45, 2.75) is 57.9 Å². The number of nitrogens with zero attached hydrogens (tertiary/aromatic N) is 1. The summed E-state index contributed by atoms with van der Waals surface area (Å²) in [6, 6.07) is -0.548. The van der Waals surface area contributed by atoms with E-state index in [4.69, 9.17) is 14.2 Å². The predicted octanol–water partition coefficient (Wildman–Crippen LogP) is 1.16. The van der Waals surface area contributed by atoms with Crippen molar-refractivity contribution in [1.82, 2.24) is 10.2 Å². The lowest BCUT2D eigenvalue weighted by molar-refractivity contribution is -0.143. The molecule has 128 valence electrons. The van der Waals surface area contributed by atoms with Crippen LogP contribution in [0, 0.1) is 0 Å². The van der Waals surface area contributed by atoms with Crippen molar-refractivity contribution in [3.8, 4) is 0 Å². The van der Waals surface area contributed by atoms with E-state index in [-0.39, 0.29) is 24.2 Å². The number of carbonyl (C=O) groups excluding carboxylic acids is 2. The van der Waals surface area contributed by atoms with Crippen molar-refractivity contribution in [1.29, 1.82) is 0 Å². The Balaban J connectivity index is 2.68. The van der Waals surface area contributed by atoms with Gasteiger partial charge < -0.3 is 19.1 Å². The molecular formula is C15H28N2O5. The van der Waals surface area contributed by atoms with Crippen LogP contribution in [0.4, 0.5) is 4.79 Å². The molecule has 1 amide bonds. The zero-order chi connectivity index (χ0) is 16.9. The second-order valence-electron chi connectivity index (χ2n) is 6.42. The highest BCUT2D eigenvalue weighted by molar-refractivity contribution is 5.75. The molecule has 0 aliphatic carbocycles. The van der Waals surface area contributed by atoms with E-state index in [0.717, 1.165) is 0 Å². The van der Waals surface area contributed by atoms with Crippen LogP contribution in [0.1, 0.15) is 34.1 Å². The van der Waals surface area contributed by atoms with Gasteiger partial charge in [0.2, 0.25) is 0 Å². The smallest absolute Gasteiger partial charge is 0.410 e. The number of rotatable bonds is 5. The standard InChI is InChI=1S/C15H28N2O5/c1-7-10(13(18)21-6)16-11-8-17(9-12(11)20-5)14(19)22-15(2,3)4/h10-12,16H,7-9H2,1-6H3/t10?,11?,12-/m0/s1. The van der Waals surface area contributed by atoms with E-state index >= 15 is 0 Å². The number of hydrogen-bond acceptors (Lipinski definition) is 6. The Morgan fingerprint density at radius 1 is 1.27 bits per heavy atom. The third-order valence-corrected chi connectivity index (χ3v) is 3.53. The van der Waals surface area contributed by atoms with Gasteiger partial charge in [-0.2, -0.15) is 0 Å². The van der Waals surface area contributed by atoms with Crippen LogP contribution in [0.5, 0.6) is 0 Å². The number of nitrogens with one attached hydrogen (secondary N) is 1. The third kappa shape index (κ3) is 5.14. The quantitative estimate of drug-likeness (QED) is 0.767. The maximum Gasteiger partial charge on any atom is 0.410 e. The van der Waals surface area contributed by atoms with Gasteiger partial charge in [0.05, 0.1) is 25.8 Å². The lowest BCUT2D eigenvalue weighted by Crippen LogP contribution is -2.49. The average Bonchev–Trinajstić information content (AvgIpc) is 2.85. The van der Waals surface area contributed by atoms with Crippen LogP contribution in [0.25, 0.3) is 0 Å². The van der Waals surface area contributed by atoms with Crippen LogP contribution >= 0.6 is 0 Å². The Hall–Kier alpha value is -1.34. The number of ether oxygens (including phenoxy) is 3. The largest absolute Gasteiger partial charge is 0.468 e. The summed E-state index contributed by atoms with van der Waals surface area (Å²) < 4.78 is 15.6. The molecule has 0 aromatic carbocycles. The van der Waals surface area contributed by atoms with Gasteiger partial charge in [-0.15, -0.1) is 0 Å². The molecule has 1 saturated heterocycles. The molecule has 1 heterocycles. The van der Waals surface area contributed by atoms with Gasteiger partial charge >= 0.3 is 12.1 Å². The van der Waals surface area contributed by atoms with Gasteiger partial charge in [0.1, 0.15) is 11.6 Å². The minimum absolute atomic E-state index is 0.137. The number of amides is 1. The molecule has 0 bridgehead atoms. The first kappa shape index (κ1) is 18.7. The van der Waals surface area contributed by atoms with Gasteiger partial charge in [-0.25, -0.2) is 4.79 Å². The van der Waals surface area contributed by atoms with Crippen molar-refractivity contribution in [2.75, 3.05) is 27.3 Å². The average molecular weight is 316 g/mol. The summed E-state index contributed by atoms with van der Waals surface area (Å²) in [5.41, 5.74) is -0.539. The SMILES string of the molecule is CCC(NC1CN(C(=O)OC(C)(C)C)C[C@@H]1OC)C(=O)OC. The molecule has 0 aromatic heterocycles. The monoisotopic (exact) mass is 316 g/mol. The van der Waals surface area contributed by atoms with Gasteiger partial charge in [0, 0.05) is 13.7 Å². The van der Waals surface area contributed by atoms with Gasteiger partial charge in [-0.05, 0) is 27.2 Å². The summed E-state index contributed by atoms with van der Waals surface area (Å²) in [5.74, 6) is -0.312. The fraction of sp³-hybridized carbons (Fsp3) is 0.867. The molecule has 0 spiro atoms. The van der Waals surface area contributed by atoms with E-state index < -0.39 is 11.6 Å². The molecule has 1 rings (SSSR count). The van der Waals surface area contributed by atoms with E-state index in [1.807, 2.05) is 27.7 Å². The molecule has 1 N–H and O–H groups in total. The summed E-state index contributed by atoms with van der Waals surface area (Å²) >= 11 is 0. The summed E-state index contributed by atoms with van der Waals surface area (Å²) in [6.07, 6.45) is 0.0441. The normalized spacial score (nSPS) is 23.3. The molecule has 1 aliphatic heterocycles. The first-order chi connectivity index (χ1) is 10.2. The second-order valence-corrected chi connectivity index (χ2v) is 6.42. The molecule has 22 heavy (non-hydrogen) atoms. The van der Waals surface area contributed by atoms with Crippen molar-refractivity contribution >= 4 is 12.1 Å². The fourth-order valence-electron chi connectivity index (χ4n) is 2.40. The molecule has 7 nitrogen and oxygen atoms in total. The molecule has 0 aromatic rings. The first-order valence-electron chi connectivity index (χ1n) is 7.56. The van der Waals surface area contributed by atoms with E-state index in [9.17, 15) is 9.59 Å². The van der Waals surface area contributed by atoms with Crippen molar-refractivity contribution in [3.63, 3.8) is 0 Å². The van der Waals surface area contributed by atoms with Crippen LogP contribution < -0.4 is 5.32 Å². The third-order valence-electron chi connectivity index (χ3n) is 3.53. The van der Waals surface area contributed by atoms with E-state index in [0.29, 0.717) is 19.5 Å². The Bertz CT molecular complexity index is 394. The highest BCUT2D eigenvalue weighted by Gasteiger charge is 2.39. The van der Waals surface area contributed by atoms with Crippen LogP contribution in [0.2, 0.25) is 0 Å². The maximum atomic E-state index is 12.1. The Kier molecular flexibility index (Phi) is 6.62. The van der Waals surface area contributed by atoms with Gasteiger partial charge in [0.15, 0.2) is 0 Å². The number of likely N-dealkylation sites (tertiary alicyclic amines) is 1. The Morgan fingerprint density at radius 3 is 2.36 bits per heavy atom. The summed E-state index contributed by atoms with van der Waals surface area (Å²) in [4.78, 5) is 25.4. The van der Waals surface area contributed by atoms with Crippen molar-refractivity contribution in [2.24, 2.45) is 0 Å². The predicted molar refractivity (Wildman–Crippen MR) is 81.6 cm³/mol. The van der Waals surface area contributed by atoms with Crippen molar-refractivity contribution < 1.29 is 23.8 Å². The van der Waals surface area contributed by atoms with E-state index in [2.05, 4.69) is 5.32 Å². The van der Waals surface area contributed by atoms with Gasteiger partial charge in [0.25, 0.3) is 0 Å². The van der Waals surface area contributed by atoms with E-state index in [1.54, 1.807) is 12.0 Å². The lowest BCUT2D eigenvalue weighted by Gasteiger charge is -2.24. The minimum atomic E-state index is -0.539. The van der Waals surface area contributed by atoms with Crippen LogP contribution in [0.3, 0.4) is 0 Å². The van der Waals surface area contributed by atoms with Crippen LogP contribution in [-0.4, -0.2) is 68.1 Å². The van der Waals surface area contributed by atoms with E-state index in [1.165, 1.54) is 7.11 Å². The molecule has 3 atom stereocenters. The zero-order valence-electron chi connectivity index (χ0n) is 14.3. The highest BCUT2D eigenvalue weighted by Crippen LogP contribution is 2.18. The number of hydrogen-bond donors (Lipinski definition) is 1. The zero-order valence-corrected chi connectivity index (χ0v) is 14.3. The molecule has 0 saturated carbocycles. The number of carbonyl (C=O) groups is 2. The van der Waals surface area contributed by atoms with Gasteiger partial charge in [-0.3, -0.25) is 10.1 Å².